The van der Waals surface area contributed by atoms with Crippen molar-refractivity contribution in [2.45, 2.75) is 6.42 Å². The van der Waals surface area contributed by atoms with Crippen LogP contribution in [-0.2, 0) is 14.3 Å². The molecule has 1 saturated heterocycles. The molecule has 1 aromatic carbocycles. The van der Waals surface area contributed by atoms with Gasteiger partial charge >= 0.3 is 6.09 Å². The number of rotatable bonds is 7. The molecule has 1 atom stereocenters. The van der Waals surface area contributed by atoms with Gasteiger partial charge in [-0.1, -0.05) is 0 Å². The third-order valence-electron chi connectivity index (χ3n) is 3.40. The Morgan fingerprint density at radius 1 is 1.35 bits per heavy atom. The van der Waals surface area contributed by atoms with Crippen LogP contribution in [0.3, 0.4) is 0 Å². The summed E-state index contributed by atoms with van der Waals surface area (Å²) in [6.07, 6.45) is -0.512. The van der Waals surface area contributed by atoms with Crippen LogP contribution in [0.1, 0.15) is 6.42 Å². The minimum Gasteiger partial charge on any atom is -0.447 e. The van der Waals surface area contributed by atoms with Crippen molar-refractivity contribution in [3.8, 4) is 0 Å². The highest BCUT2D eigenvalue weighted by atomic mass is 16.6. The van der Waals surface area contributed by atoms with Gasteiger partial charge in [0, 0.05) is 36.7 Å². The normalized spacial score (nSPS) is 17.3. The lowest BCUT2D eigenvalue weighted by molar-refractivity contribution is -0.384. The molecule has 1 aliphatic rings. The molecule has 23 heavy (non-hydrogen) atoms. The highest BCUT2D eigenvalue weighted by molar-refractivity contribution is 5.95. The van der Waals surface area contributed by atoms with Crippen LogP contribution in [0, 0.1) is 16.0 Å². The molecule has 9 nitrogen and oxygen atoms in total. The molecule has 0 aromatic heterocycles. The summed E-state index contributed by atoms with van der Waals surface area (Å²) >= 11 is 0. The standard InChI is InChI=1S/C14H17N3O6/c15-14(19)23-6-5-22-9-10-7-13(18)16(8-10)11-1-3-12(4-2-11)17(20)21/h1-4,10H,5-9H2,(H2,15,19). The second kappa shape index (κ2) is 7.54. The van der Waals surface area contributed by atoms with E-state index in [1.807, 2.05) is 0 Å². The van der Waals surface area contributed by atoms with E-state index in [4.69, 9.17) is 10.5 Å². The van der Waals surface area contributed by atoms with Crippen molar-refractivity contribution in [2.24, 2.45) is 11.7 Å². The first kappa shape index (κ1) is 16.7. The number of nitrogens with two attached hydrogens (primary N) is 1. The number of benzene rings is 1. The average molecular weight is 323 g/mol. The van der Waals surface area contributed by atoms with Crippen LogP contribution in [0.25, 0.3) is 0 Å². The summed E-state index contributed by atoms with van der Waals surface area (Å²) in [4.78, 5) is 34.1. The number of nitro benzene ring substituents is 1. The molecule has 1 heterocycles. The first-order valence-corrected chi connectivity index (χ1v) is 7.02. The highest BCUT2D eigenvalue weighted by Crippen LogP contribution is 2.26. The van der Waals surface area contributed by atoms with Gasteiger partial charge in [0.05, 0.1) is 18.1 Å². The molecule has 2 rings (SSSR count). The zero-order valence-corrected chi connectivity index (χ0v) is 12.3. The van der Waals surface area contributed by atoms with Crippen LogP contribution < -0.4 is 10.6 Å². The quantitative estimate of drug-likeness (QED) is 0.454. The van der Waals surface area contributed by atoms with Crippen molar-refractivity contribution in [1.29, 1.82) is 0 Å². The lowest BCUT2D eigenvalue weighted by Crippen LogP contribution is -2.25. The fourth-order valence-electron chi connectivity index (χ4n) is 2.35. The Hall–Kier alpha value is -2.68. The van der Waals surface area contributed by atoms with Crippen molar-refractivity contribution in [1.82, 2.24) is 0 Å². The van der Waals surface area contributed by atoms with Gasteiger partial charge in [0.15, 0.2) is 0 Å². The van der Waals surface area contributed by atoms with Gasteiger partial charge in [-0.15, -0.1) is 0 Å². The van der Waals surface area contributed by atoms with Gasteiger partial charge in [0.25, 0.3) is 5.69 Å². The fourth-order valence-corrected chi connectivity index (χ4v) is 2.35. The predicted molar refractivity (Wildman–Crippen MR) is 79.9 cm³/mol. The van der Waals surface area contributed by atoms with Crippen LogP contribution in [0.15, 0.2) is 24.3 Å². The van der Waals surface area contributed by atoms with Gasteiger partial charge in [-0.2, -0.15) is 0 Å². The molecule has 1 fully saturated rings. The third-order valence-corrected chi connectivity index (χ3v) is 3.40. The van der Waals surface area contributed by atoms with E-state index in [2.05, 4.69) is 4.74 Å². The van der Waals surface area contributed by atoms with Crippen LogP contribution >= 0.6 is 0 Å². The molecule has 1 aliphatic heterocycles. The van der Waals surface area contributed by atoms with Gasteiger partial charge in [-0.3, -0.25) is 14.9 Å². The summed E-state index contributed by atoms with van der Waals surface area (Å²) in [5.74, 6) is -0.0351. The first-order chi connectivity index (χ1) is 11.0. The van der Waals surface area contributed by atoms with E-state index in [1.165, 1.54) is 12.1 Å². The number of amides is 2. The second-order valence-electron chi connectivity index (χ2n) is 5.09. The molecule has 2 N–H and O–H groups in total. The summed E-state index contributed by atoms with van der Waals surface area (Å²) in [6.45, 7) is 1.12. The number of nitro groups is 1. The van der Waals surface area contributed by atoms with Crippen LogP contribution in [0.4, 0.5) is 16.2 Å². The molecule has 1 aromatic rings. The molecule has 1 unspecified atom stereocenters. The number of carbonyl (C=O) groups is 2. The summed E-state index contributed by atoms with van der Waals surface area (Å²) in [5, 5.41) is 10.6. The van der Waals surface area contributed by atoms with Crippen molar-refractivity contribution in [3.63, 3.8) is 0 Å². The van der Waals surface area contributed by atoms with E-state index < -0.39 is 11.0 Å². The van der Waals surface area contributed by atoms with Gasteiger partial charge in [-0.05, 0) is 12.1 Å². The molecule has 0 spiro atoms. The number of primary amides is 1. The maximum atomic E-state index is 12.0. The molecule has 0 radical (unpaired) electrons. The first-order valence-electron chi connectivity index (χ1n) is 7.02. The van der Waals surface area contributed by atoms with E-state index in [0.717, 1.165) is 0 Å². The molecule has 0 saturated carbocycles. The van der Waals surface area contributed by atoms with Crippen molar-refractivity contribution in [3.05, 3.63) is 34.4 Å². The Kier molecular flexibility index (Phi) is 5.47. The molecule has 0 bridgehead atoms. The number of ether oxygens (including phenoxy) is 2. The number of hydrogen-bond acceptors (Lipinski definition) is 6. The van der Waals surface area contributed by atoms with Crippen molar-refractivity contribution >= 4 is 23.4 Å². The molecular weight excluding hydrogens is 306 g/mol. The SMILES string of the molecule is NC(=O)OCCOCC1CC(=O)N(c2ccc([N+](=O)[O-])cc2)C1. The smallest absolute Gasteiger partial charge is 0.404 e. The van der Waals surface area contributed by atoms with E-state index in [0.29, 0.717) is 25.3 Å². The summed E-state index contributed by atoms with van der Waals surface area (Å²) in [5.41, 5.74) is 5.42. The molecule has 0 aliphatic carbocycles. The number of hydrogen-bond donors (Lipinski definition) is 1. The summed E-state index contributed by atoms with van der Waals surface area (Å²) < 4.78 is 9.88. The van der Waals surface area contributed by atoms with Gasteiger partial charge in [0.1, 0.15) is 6.61 Å². The Bertz CT molecular complexity index is 589. The Morgan fingerprint density at radius 2 is 2.04 bits per heavy atom. The van der Waals surface area contributed by atoms with Crippen molar-refractivity contribution in [2.75, 3.05) is 31.3 Å². The zero-order valence-electron chi connectivity index (χ0n) is 12.3. The largest absolute Gasteiger partial charge is 0.447 e. The maximum Gasteiger partial charge on any atom is 0.404 e. The minimum absolute atomic E-state index is 0.0188. The minimum atomic E-state index is -0.853. The molecule has 9 heteroatoms. The Morgan fingerprint density at radius 3 is 2.65 bits per heavy atom. The summed E-state index contributed by atoms with van der Waals surface area (Å²) in [7, 11) is 0. The lowest BCUT2D eigenvalue weighted by Gasteiger charge is -2.16. The fraction of sp³-hybridized carbons (Fsp3) is 0.429. The van der Waals surface area contributed by atoms with Crippen LogP contribution in [0.2, 0.25) is 0 Å². The Labute approximate surface area is 132 Å². The maximum absolute atomic E-state index is 12.0. The molecule has 124 valence electrons. The number of carbonyl (C=O) groups excluding carboxylic acids is 2. The summed E-state index contributed by atoms with van der Waals surface area (Å²) in [6, 6.07) is 5.85. The van der Waals surface area contributed by atoms with Crippen LogP contribution in [-0.4, -0.2) is 43.3 Å². The molecular formula is C14H17N3O6. The lowest BCUT2D eigenvalue weighted by atomic mass is 10.1. The van der Waals surface area contributed by atoms with E-state index in [1.54, 1.807) is 17.0 Å². The third kappa shape index (κ3) is 4.65. The topological polar surface area (TPSA) is 125 Å². The zero-order chi connectivity index (χ0) is 16.8. The van der Waals surface area contributed by atoms with E-state index in [9.17, 15) is 19.7 Å². The van der Waals surface area contributed by atoms with E-state index in [-0.39, 0.29) is 30.7 Å². The second-order valence-corrected chi connectivity index (χ2v) is 5.09. The monoisotopic (exact) mass is 323 g/mol. The molecule has 2 amide bonds. The highest BCUT2D eigenvalue weighted by Gasteiger charge is 2.30. The van der Waals surface area contributed by atoms with E-state index >= 15 is 0 Å². The number of nitrogens with zero attached hydrogens (tertiary/aromatic N) is 2. The van der Waals surface area contributed by atoms with Crippen molar-refractivity contribution < 1.29 is 24.0 Å². The van der Waals surface area contributed by atoms with Gasteiger partial charge in [0.2, 0.25) is 5.91 Å². The average Bonchev–Trinajstić information content (AvgIpc) is 2.87. The Balaban J connectivity index is 1.82. The number of non-ortho nitro benzene ring substituents is 1. The number of anilines is 1. The van der Waals surface area contributed by atoms with Crippen LogP contribution in [0.5, 0.6) is 0 Å². The van der Waals surface area contributed by atoms with Gasteiger partial charge < -0.3 is 20.1 Å². The predicted octanol–water partition coefficient (Wildman–Crippen LogP) is 1.06. The van der Waals surface area contributed by atoms with Gasteiger partial charge in [-0.25, -0.2) is 4.79 Å².